The molecule has 2 aliphatic rings. The van der Waals surface area contributed by atoms with Gasteiger partial charge in [0.15, 0.2) is 0 Å². The number of esters is 1. The lowest BCUT2D eigenvalue weighted by Gasteiger charge is -2.29. The Labute approximate surface area is 178 Å². The third-order valence-corrected chi connectivity index (χ3v) is 5.29. The van der Waals surface area contributed by atoms with Crippen LogP contribution in [0, 0.1) is 6.92 Å². The largest absolute Gasteiger partial charge is 0.573 e. The number of anilines is 1. The minimum absolute atomic E-state index is 0. The van der Waals surface area contributed by atoms with E-state index in [0.29, 0.717) is 17.5 Å². The van der Waals surface area contributed by atoms with Crippen LogP contribution in [0.5, 0.6) is 5.75 Å². The van der Waals surface area contributed by atoms with Crippen molar-refractivity contribution >= 4 is 24.1 Å². The van der Waals surface area contributed by atoms with Gasteiger partial charge in [-0.15, -0.1) is 25.6 Å². The Balaban J connectivity index is 0.00000256. The summed E-state index contributed by atoms with van der Waals surface area (Å²) >= 11 is 0. The SMILES string of the molecule is Cc1cc(OC(F)(F)F)ccc1CC1OC(=O)c2cc(N3CCNCC3)ccc21.Cl. The summed E-state index contributed by atoms with van der Waals surface area (Å²) in [7, 11) is 0. The molecule has 0 aliphatic carbocycles. The molecule has 4 rings (SSSR count). The maximum absolute atomic E-state index is 12.4. The zero-order chi connectivity index (χ0) is 20.6. The van der Waals surface area contributed by atoms with Crippen molar-refractivity contribution in [2.45, 2.75) is 25.8 Å². The van der Waals surface area contributed by atoms with Gasteiger partial charge in [0, 0.05) is 43.9 Å². The molecule has 0 amide bonds. The summed E-state index contributed by atoms with van der Waals surface area (Å²) in [4.78, 5) is 14.6. The zero-order valence-corrected chi connectivity index (χ0v) is 17.1. The molecule has 0 radical (unpaired) electrons. The highest BCUT2D eigenvalue weighted by Gasteiger charge is 2.33. The first-order valence-corrected chi connectivity index (χ1v) is 9.46. The Hall–Kier alpha value is -2.45. The number of alkyl halides is 3. The second-order valence-electron chi connectivity index (χ2n) is 7.24. The molecule has 1 N–H and O–H groups in total. The zero-order valence-electron chi connectivity index (χ0n) is 16.3. The normalized spacial score (nSPS) is 18.5. The van der Waals surface area contributed by atoms with Gasteiger partial charge in [0.2, 0.25) is 0 Å². The van der Waals surface area contributed by atoms with Gasteiger partial charge in [0.1, 0.15) is 11.9 Å². The molecule has 162 valence electrons. The molecule has 0 spiro atoms. The molecule has 2 aromatic carbocycles. The number of cyclic esters (lactones) is 1. The molecule has 2 heterocycles. The molecule has 1 fully saturated rings. The van der Waals surface area contributed by atoms with E-state index in [1.54, 1.807) is 13.0 Å². The Kier molecular flexibility index (Phi) is 6.47. The van der Waals surface area contributed by atoms with E-state index in [1.807, 2.05) is 18.2 Å². The molecule has 5 nitrogen and oxygen atoms in total. The fourth-order valence-corrected chi connectivity index (χ4v) is 3.82. The van der Waals surface area contributed by atoms with Gasteiger partial charge in [0.05, 0.1) is 5.56 Å². The van der Waals surface area contributed by atoms with Gasteiger partial charge in [0.25, 0.3) is 0 Å². The summed E-state index contributed by atoms with van der Waals surface area (Å²) in [5, 5.41) is 3.30. The Morgan fingerprint density at radius 1 is 1.17 bits per heavy atom. The number of fused-ring (bicyclic) bond motifs is 1. The first-order valence-electron chi connectivity index (χ1n) is 9.46. The maximum Gasteiger partial charge on any atom is 0.573 e. The van der Waals surface area contributed by atoms with Crippen LogP contribution in [0.25, 0.3) is 0 Å². The molecule has 30 heavy (non-hydrogen) atoms. The smallest absolute Gasteiger partial charge is 0.454 e. The molecule has 0 aromatic heterocycles. The van der Waals surface area contributed by atoms with Crippen molar-refractivity contribution in [1.29, 1.82) is 0 Å². The number of ether oxygens (including phenoxy) is 2. The van der Waals surface area contributed by atoms with Gasteiger partial charge in [-0.25, -0.2) is 4.79 Å². The van der Waals surface area contributed by atoms with Crippen LogP contribution in [0.1, 0.15) is 33.2 Å². The molecule has 1 atom stereocenters. The van der Waals surface area contributed by atoms with Crippen LogP contribution in [0.15, 0.2) is 36.4 Å². The van der Waals surface area contributed by atoms with E-state index in [-0.39, 0.29) is 24.1 Å². The summed E-state index contributed by atoms with van der Waals surface area (Å²) in [5.41, 5.74) is 3.81. The quantitative estimate of drug-likeness (QED) is 0.720. The van der Waals surface area contributed by atoms with Gasteiger partial charge in [-0.3, -0.25) is 0 Å². The number of hydrogen-bond donors (Lipinski definition) is 1. The molecule has 0 saturated carbocycles. The van der Waals surface area contributed by atoms with Crippen LogP contribution in [-0.2, 0) is 11.2 Å². The number of nitrogens with zero attached hydrogens (tertiary/aromatic N) is 1. The van der Waals surface area contributed by atoms with E-state index in [0.717, 1.165) is 43.0 Å². The van der Waals surface area contributed by atoms with E-state index in [1.165, 1.54) is 12.1 Å². The third kappa shape index (κ3) is 4.82. The highest BCUT2D eigenvalue weighted by Crippen LogP contribution is 2.36. The fourth-order valence-electron chi connectivity index (χ4n) is 3.82. The first-order chi connectivity index (χ1) is 13.8. The van der Waals surface area contributed by atoms with Crippen LogP contribution < -0.4 is 15.0 Å². The number of hydrogen-bond acceptors (Lipinski definition) is 5. The highest BCUT2D eigenvalue weighted by atomic mass is 35.5. The number of rotatable bonds is 4. The highest BCUT2D eigenvalue weighted by molar-refractivity contribution is 5.95. The Morgan fingerprint density at radius 2 is 1.90 bits per heavy atom. The first kappa shape index (κ1) is 22.2. The number of nitrogens with one attached hydrogen (secondary N) is 1. The van der Waals surface area contributed by atoms with Crippen LogP contribution in [0.3, 0.4) is 0 Å². The maximum atomic E-state index is 12.4. The second kappa shape index (κ2) is 8.73. The standard InChI is InChI=1S/C21H21F3N2O3.ClH/c1-13-10-16(29-21(22,23)24)4-2-14(13)11-19-17-5-3-15(12-18(17)20(27)28-19)26-8-6-25-7-9-26;/h2-5,10,12,19,25H,6-9,11H2,1H3;1H. The third-order valence-electron chi connectivity index (χ3n) is 5.29. The molecule has 1 unspecified atom stereocenters. The van der Waals surface area contributed by atoms with Crippen molar-refractivity contribution in [2.24, 2.45) is 0 Å². The number of piperazine rings is 1. The number of aryl methyl sites for hydroxylation is 1. The van der Waals surface area contributed by atoms with Crippen molar-refractivity contribution in [3.8, 4) is 5.75 Å². The van der Waals surface area contributed by atoms with E-state index in [9.17, 15) is 18.0 Å². The van der Waals surface area contributed by atoms with Crippen molar-refractivity contribution in [3.63, 3.8) is 0 Å². The van der Waals surface area contributed by atoms with Gasteiger partial charge in [-0.1, -0.05) is 12.1 Å². The number of carbonyl (C=O) groups excluding carboxylic acids is 1. The molecular formula is C21H22ClF3N2O3. The predicted octanol–water partition coefficient (Wildman–Crippen LogP) is 4.18. The fraction of sp³-hybridized carbons (Fsp3) is 0.381. The van der Waals surface area contributed by atoms with Crippen LogP contribution >= 0.6 is 12.4 Å². The minimum atomic E-state index is -4.73. The summed E-state index contributed by atoms with van der Waals surface area (Å²) in [6, 6.07) is 9.98. The van der Waals surface area contributed by atoms with Gasteiger partial charge >= 0.3 is 12.3 Å². The lowest BCUT2D eigenvalue weighted by Crippen LogP contribution is -2.43. The van der Waals surface area contributed by atoms with Crippen molar-refractivity contribution in [3.05, 3.63) is 58.7 Å². The lowest BCUT2D eigenvalue weighted by molar-refractivity contribution is -0.274. The van der Waals surface area contributed by atoms with Crippen molar-refractivity contribution < 1.29 is 27.4 Å². The molecule has 2 aliphatic heterocycles. The van der Waals surface area contributed by atoms with Crippen LogP contribution in [0.2, 0.25) is 0 Å². The van der Waals surface area contributed by atoms with Crippen molar-refractivity contribution in [2.75, 3.05) is 31.1 Å². The molecule has 2 aromatic rings. The van der Waals surface area contributed by atoms with Crippen molar-refractivity contribution in [1.82, 2.24) is 5.32 Å². The van der Waals surface area contributed by atoms with Crippen LogP contribution in [-0.4, -0.2) is 38.5 Å². The molecule has 0 bridgehead atoms. The van der Waals surface area contributed by atoms with Crippen LogP contribution in [0.4, 0.5) is 18.9 Å². The van der Waals surface area contributed by atoms with E-state index >= 15 is 0 Å². The predicted molar refractivity (Wildman–Crippen MR) is 108 cm³/mol. The average molecular weight is 443 g/mol. The minimum Gasteiger partial charge on any atom is -0.454 e. The molecule has 1 saturated heterocycles. The average Bonchev–Trinajstić information content (AvgIpc) is 2.98. The van der Waals surface area contributed by atoms with Gasteiger partial charge in [-0.05, 0) is 42.3 Å². The Morgan fingerprint density at radius 3 is 2.57 bits per heavy atom. The van der Waals surface area contributed by atoms with E-state index in [4.69, 9.17) is 4.74 Å². The summed E-state index contributed by atoms with van der Waals surface area (Å²) in [6.45, 7) is 5.27. The Bertz CT molecular complexity index is 930. The number of benzene rings is 2. The summed E-state index contributed by atoms with van der Waals surface area (Å²) in [5.74, 6) is -0.625. The topological polar surface area (TPSA) is 50.8 Å². The van der Waals surface area contributed by atoms with Gasteiger partial charge < -0.3 is 19.7 Å². The monoisotopic (exact) mass is 442 g/mol. The lowest BCUT2D eigenvalue weighted by atomic mass is 9.96. The summed E-state index contributed by atoms with van der Waals surface area (Å²) in [6.07, 6.45) is -4.79. The number of carbonyl (C=O) groups is 1. The van der Waals surface area contributed by atoms with Gasteiger partial charge in [-0.2, -0.15) is 0 Å². The molecule has 9 heteroatoms. The summed E-state index contributed by atoms with van der Waals surface area (Å²) < 4.78 is 46.7. The van der Waals surface area contributed by atoms with E-state index in [2.05, 4.69) is 15.0 Å². The molecular weight excluding hydrogens is 421 g/mol. The number of halogens is 4. The second-order valence-corrected chi connectivity index (χ2v) is 7.24. The van der Waals surface area contributed by atoms with E-state index < -0.39 is 12.5 Å².